The SMILES string of the molecule is CC(C)CN(CCCN)c1ccc(Br)cn1. The lowest BCUT2D eigenvalue weighted by molar-refractivity contribution is 0.596. The van der Waals surface area contributed by atoms with Crippen molar-refractivity contribution in [1.82, 2.24) is 4.98 Å². The smallest absolute Gasteiger partial charge is 0.128 e. The highest BCUT2D eigenvalue weighted by atomic mass is 79.9. The fourth-order valence-electron chi connectivity index (χ4n) is 1.58. The topological polar surface area (TPSA) is 42.1 Å². The number of rotatable bonds is 6. The van der Waals surface area contributed by atoms with Gasteiger partial charge in [-0.3, -0.25) is 0 Å². The van der Waals surface area contributed by atoms with Crippen LogP contribution in [0.3, 0.4) is 0 Å². The predicted octanol–water partition coefficient (Wildman–Crippen LogP) is 2.66. The maximum Gasteiger partial charge on any atom is 0.128 e. The Morgan fingerprint density at radius 2 is 2.19 bits per heavy atom. The van der Waals surface area contributed by atoms with Crippen molar-refractivity contribution in [3.05, 3.63) is 22.8 Å². The van der Waals surface area contributed by atoms with E-state index in [1.165, 1.54) is 0 Å². The molecule has 0 fully saturated rings. The number of halogens is 1. The van der Waals surface area contributed by atoms with Crippen LogP contribution in [0.5, 0.6) is 0 Å². The van der Waals surface area contributed by atoms with Gasteiger partial charge in [0.15, 0.2) is 0 Å². The highest BCUT2D eigenvalue weighted by Crippen LogP contribution is 2.16. The first-order valence-corrected chi connectivity index (χ1v) is 6.49. The minimum absolute atomic E-state index is 0.628. The Morgan fingerprint density at radius 1 is 1.44 bits per heavy atom. The maximum atomic E-state index is 5.56. The van der Waals surface area contributed by atoms with E-state index >= 15 is 0 Å². The lowest BCUT2D eigenvalue weighted by atomic mass is 10.2. The maximum absolute atomic E-state index is 5.56. The number of pyridine rings is 1. The first-order valence-electron chi connectivity index (χ1n) is 5.70. The largest absolute Gasteiger partial charge is 0.356 e. The second-order valence-electron chi connectivity index (χ2n) is 4.32. The van der Waals surface area contributed by atoms with E-state index < -0.39 is 0 Å². The number of nitrogens with zero attached hydrogens (tertiary/aromatic N) is 2. The zero-order valence-electron chi connectivity index (χ0n) is 9.99. The van der Waals surface area contributed by atoms with Crippen LogP contribution in [-0.2, 0) is 0 Å². The molecule has 0 aliphatic rings. The molecule has 0 aliphatic carbocycles. The van der Waals surface area contributed by atoms with Gasteiger partial charge in [0.2, 0.25) is 0 Å². The highest BCUT2D eigenvalue weighted by molar-refractivity contribution is 9.10. The van der Waals surface area contributed by atoms with Crippen LogP contribution in [0.1, 0.15) is 20.3 Å². The third-order valence-corrected chi connectivity index (χ3v) is 2.72. The third-order valence-electron chi connectivity index (χ3n) is 2.25. The molecule has 0 aromatic carbocycles. The molecule has 16 heavy (non-hydrogen) atoms. The average molecular weight is 286 g/mol. The normalized spacial score (nSPS) is 10.8. The summed E-state index contributed by atoms with van der Waals surface area (Å²) >= 11 is 3.40. The van der Waals surface area contributed by atoms with Crippen LogP contribution in [0.4, 0.5) is 5.82 Å². The Kier molecular flexibility index (Phi) is 5.77. The summed E-state index contributed by atoms with van der Waals surface area (Å²) < 4.78 is 1.01. The number of aromatic nitrogens is 1. The molecular formula is C12H20BrN3. The summed E-state index contributed by atoms with van der Waals surface area (Å²) in [4.78, 5) is 6.72. The van der Waals surface area contributed by atoms with Crippen LogP contribution >= 0.6 is 15.9 Å². The van der Waals surface area contributed by atoms with Gasteiger partial charge >= 0.3 is 0 Å². The molecule has 2 N–H and O–H groups in total. The van der Waals surface area contributed by atoms with Crippen LogP contribution in [-0.4, -0.2) is 24.6 Å². The summed E-state index contributed by atoms with van der Waals surface area (Å²) in [5, 5.41) is 0. The van der Waals surface area contributed by atoms with Crippen molar-refractivity contribution in [1.29, 1.82) is 0 Å². The van der Waals surface area contributed by atoms with E-state index in [1.807, 2.05) is 18.3 Å². The molecule has 4 heteroatoms. The molecule has 1 rings (SSSR count). The summed E-state index contributed by atoms with van der Waals surface area (Å²) in [6, 6.07) is 4.07. The Bertz CT molecular complexity index is 298. The van der Waals surface area contributed by atoms with E-state index in [2.05, 4.69) is 39.7 Å². The molecule has 1 aromatic heterocycles. The van der Waals surface area contributed by atoms with Gasteiger partial charge in [0, 0.05) is 23.8 Å². The summed E-state index contributed by atoms with van der Waals surface area (Å²) in [5.74, 6) is 1.66. The minimum atomic E-state index is 0.628. The van der Waals surface area contributed by atoms with Gasteiger partial charge in [-0.05, 0) is 46.9 Å². The monoisotopic (exact) mass is 285 g/mol. The van der Waals surface area contributed by atoms with Crippen molar-refractivity contribution in [2.75, 3.05) is 24.5 Å². The molecule has 0 atom stereocenters. The molecule has 0 bridgehead atoms. The molecule has 0 unspecified atom stereocenters. The predicted molar refractivity (Wildman–Crippen MR) is 72.7 cm³/mol. The molecule has 0 saturated carbocycles. The molecule has 1 heterocycles. The summed E-state index contributed by atoms with van der Waals surface area (Å²) in [6.45, 7) is 7.16. The van der Waals surface area contributed by atoms with Gasteiger partial charge in [0.05, 0.1) is 0 Å². The van der Waals surface area contributed by atoms with Crippen LogP contribution in [0.2, 0.25) is 0 Å². The average Bonchev–Trinajstić information content (AvgIpc) is 2.25. The Balaban J connectivity index is 2.70. The zero-order valence-corrected chi connectivity index (χ0v) is 11.6. The minimum Gasteiger partial charge on any atom is -0.356 e. The van der Waals surface area contributed by atoms with Gasteiger partial charge in [-0.15, -0.1) is 0 Å². The highest BCUT2D eigenvalue weighted by Gasteiger charge is 2.08. The van der Waals surface area contributed by atoms with Gasteiger partial charge in [0.25, 0.3) is 0 Å². The Labute approximate surface area is 106 Å². The number of nitrogens with two attached hydrogens (primary N) is 1. The van der Waals surface area contributed by atoms with Crippen molar-refractivity contribution in [2.24, 2.45) is 11.7 Å². The van der Waals surface area contributed by atoms with E-state index in [0.29, 0.717) is 5.92 Å². The van der Waals surface area contributed by atoms with Gasteiger partial charge in [-0.1, -0.05) is 13.8 Å². The van der Waals surface area contributed by atoms with E-state index in [4.69, 9.17) is 5.73 Å². The molecule has 3 nitrogen and oxygen atoms in total. The van der Waals surface area contributed by atoms with E-state index in [9.17, 15) is 0 Å². The first kappa shape index (κ1) is 13.5. The van der Waals surface area contributed by atoms with Crippen LogP contribution in [0.15, 0.2) is 22.8 Å². The fourth-order valence-corrected chi connectivity index (χ4v) is 1.81. The van der Waals surface area contributed by atoms with Crippen LogP contribution in [0.25, 0.3) is 0 Å². The third kappa shape index (κ3) is 4.49. The Hall–Kier alpha value is -0.610. The van der Waals surface area contributed by atoms with Crippen molar-refractivity contribution >= 4 is 21.7 Å². The van der Waals surface area contributed by atoms with Gasteiger partial charge in [-0.25, -0.2) is 4.98 Å². The second kappa shape index (κ2) is 6.86. The molecule has 1 aromatic rings. The van der Waals surface area contributed by atoms with Crippen molar-refractivity contribution in [2.45, 2.75) is 20.3 Å². The van der Waals surface area contributed by atoms with Crippen molar-refractivity contribution in [3.8, 4) is 0 Å². The number of hydrogen-bond acceptors (Lipinski definition) is 3. The van der Waals surface area contributed by atoms with Crippen molar-refractivity contribution < 1.29 is 0 Å². The first-order chi connectivity index (χ1) is 7.63. The molecule has 0 saturated heterocycles. The zero-order chi connectivity index (χ0) is 12.0. The van der Waals surface area contributed by atoms with Gasteiger partial charge in [0.1, 0.15) is 5.82 Å². The molecule has 0 spiro atoms. The number of anilines is 1. The fraction of sp³-hybridized carbons (Fsp3) is 0.583. The summed E-state index contributed by atoms with van der Waals surface area (Å²) in [5.41, 5.74) is 5.56. The Morgan fingerprint density at radius 3 is 2.69 bits per heavy atom. The van der Waals surface area contributed by atoms with Crippen LogP contribution < -0.4 is 10.6 Å². The lowest BCUT2D eigenvalue weighted by Crippen LogP contribution is -2.30. The summed E-state index contributed by atoms with van der Waals surface area (Å²) in [7, 11) is 0. The molecule has 0 aliphatic heterocycles. The van der Waals surface area contributed by atoms with Crippen LogP contribution in [0, 0.1) is 5.92 Å². The molecular weight excluding hydrogens is 266 g/mol. The number of hydrogen-bond donors (Lipinski definition) is 1. The van der Waals surface area contributed by atoms with Gasteiger partial charge < -0.3 is 10.6 Å². The van der Waals surface area contributed by atoms with Gasteiger partial charge in [-0.2, -0.15) is 0 Å². The van der Waals surface area contributed by atoms with Crippen molar-refractivity contribution in [3.63, 3.8) is 0 Å². The molecule has 0 amide bonds. The quantitative estimate of drug-likeness (QED) is 0.874. The second-order valence-corrected chi connectivity index (χ2v) is 5.23. The van der Waals surface area contributed by atoms with E-state index in [0.717, 1.165) is 36.3 Å². The lowest BCUT2D eigenvalue weighted by Gasteiger charge is -2.25. The standard InChI is InChI=1S/C12H20BrN3/c1-10(2)9-16(7-3-6-14)12-5-4-11(13)8-15-12/h4-5,8,10H,3,6-7,9,14H2,1-2H3. The summed E-state index contributed by atoms with van der Waals surface area (Å²) in [6.07, 6.45) is 2.84. The molecule has 0 radical (unpaired) electrons. The van der Waals surface area contributed by atoms with E-state index in [-0.39, 0.29) is 0 Å². The molecule has 90 valence electrons. The van der Waals surface area contributed by atoms with E-state index in [1.54, 1.807) is 0 Å².